The summed E-state index contributed by atoms with van der Waals surface area (Å²) in [6.07, 6.45) is 1.81. The molecular weight excluding hydrogens is 292 g/mol. The fraction of sp³-hybridized carbons (Fsp3) is 0.556. The second-order valence-corrected chi connectivity index (χ2v) is 6.51. The maximum absolute atomic E-state index is 12.7. The summed E-state index contributed by atoms with van der Waals surface area (Å²) in [5.41, 5.74) is 1.24. The average Bonchev–Trinajstić information content (AvgIpc) is 2.53. The Bertz CT molecular complexity index is 530. The number of likely N-dealkylation sites (tertiary alicyclic amines) is 1. The van der Waals surface area contributed by atoms with Gasteiger partial charge in [-0.05, 0) is 38.8 Å². The van der Waals surface area contributed by atoms with Gasteiger partial charge in [-0.1, -0.05) is 30.3 Å². The highest BCUT2D eigenvalue weighted by molar-refractivity contribution is 5.83. The lowest BCUT2D eigenvalue weighted by atomic mass is 9.95. The molecule has 1 saturated heterocycles. The first-order valence-electron chi connectivity index (χ1n) is 8.26. The highest BCUT2D eigenvalue weighted by atomic mass is 16.4. The van der Waals surface area contributed by atoms with Gasteiger partial charge in [0, 0.05) is 19.1 Å². The third-order valence-electron chi connectivity index (χ3n) is 4.32. The molecule has 5 heteroatoms. The quantitative estimate of drug-likeness (QED) is 0.874. The molecule has 1 fully saturated rings. The normalized spacial score (nSPS) is 18.8. The van der Waals surface area contributed by atoms with Crippen LogP contribution in [0.2, 0.25) is 0 Å². The van der Waals surface area contributed by atoms with Crippen molar-refractivity contribution < 1.29 is 14.7 Å². The largest absolute Gasteiger partial charge is 0.480 e. The molecule has 1 unspecified atom stereocenters. The minimum atomic E-state index is -0.955. The maximum Gasteiger partial charge on any atom is 0.323 e. The number of piperidine rings is 1. The summed E-state index contributed by atoms with van der Waals surface area (Å²) in [7, 11) is 0. The predicted octanol–water partition coefficient (Wildman–Crippen LogP) is 2.22. The molecule has 0 saturated carbocycles. The first kappa shape index (κ1) is 17.5. The average molecular weight is 318 g/mol. The Balaban J connectivity index is 1.99. The lowest BCUT2D eigenvalue weighted by Gasteiger charge is -2.36. The van der Waals surface area contributed by atoms with Crippen molar-refractivity contribution in [3.05, 3.63) is 35.9 Å². The van der Waals surface area contributed by atoms with Crippen LogP contribution in [0.1, 0.15) is 32.3 Å². The van der Waals surface area contributed by atoms with Crippen LogP contribution in [0.25, 0.3) is 0 Å². The third-order valence-corrected chi connectivity index (χ3v) is 4.32. The minimum Gasteiger partial charge on any atom is -0.480 e. The van der Waals surface area contributed by atoms with Crippen molar-refractivity contribution in [3.8, 4) is 0 Å². The molecule has 0 spiro atoms. The van der Waals surface area contributed by atoms with Crippen LogP contribution >= 0.6 is 0 Å². The van der Waals surface area contributed by atoms with Gasteiger partial charge in [0.25, 0.3) is 0 Å². The smallest absolute Gasteiger partial charge is 0.323 e. The Labute approximate surface area is 137 Å². The van der Waals surface area contributed by atoms with Crippen LogP contribution in [-0.2, 0) is 16.1 Å². The van der Waals surface area contributed by atoms with Crippen LogP contribution in [0.4, 0.5) is 0 Å². The first-order valence-corrected chi connectivity index (χ1v) is 8.26. The van der Waals surface area contributed by atoms with Gasteiger partial charge < -0.3 is 10.0 Å². The third kappa shape index (κ3) is 5.06. The van der Waals surface area contributed by atoms with E-state index in [0.29, 0.717) is 6.54 Å². The summed E-state index contributed by atoms with van der Waals surface area (Å²) in [6, 6.07) is 10.1. The number of rotatable bonds is 6. The number of benzene rings is 1. The van der Waals surface area contributed by atoms with E-state index in [1.807, 2.05) is 32.0 Å². The van der Waals surface area contributed by atoms with Crippen LogP contribution < -0.4 is 0 Å². The lowest BCUT2D eigenvalue weighted by molar-refractivity contribution is -0.148. The standard InChI is InChI=1S/C18H26N2O3/c1-14(2)20(13-17(21)22)18(23)16-9-6-10-19(12-16)11-15-7-4-3-5-8-15/h3-5,7-8,14,16H,6,9-13H2,1-2H3,(H,21,22). The molecule has 0 radical (unpaired) electrons. The van der Waals surface area contributed by atoms with Crippen LogP contribution in [0, 0.1) is 5.92 Å². The Morgan fingerprint density at radius 2 is 2.00 bits per heavy atom. The number of amides is 1. The van der Waals surface area contributed by atoms with Gasteiger partial charge in [0.2, 0.25) is 5.91 Å². The number of hydrogen-bond donors (Lipinski definition) is 1. The zero-order valence-corrected chi connectivity index (χ0v) is 13.9. The van der Waals surface area contributed by atoms with E-state index in [2.05, 4.69) is 17.0 Å². The van der Waals surface area contributed by atoms with Crippen LogP contribution in [0.15, 0.2) is 30.3 Å². The summed E-state index contributed by atoms with van der Waals surface area (Å²) in [5, 5.41) is 9.02. The molecule has 1 atom stereocenters. The summed E-state index contributed by atoms with van der Waals surface area (Å²) in [6.45, 7) is 6.05. The van der Waals surface area contributed by atoms with Gasteiger partial charge in [-0.2, -0.15) is 0 Å². The number of nitrogens with zero attached hydrogens (tertiary/aromatic N) is 2. The second kappa shape index (κ2) is 8.11. The van der Waals surface area contributed by atoms with Crippen molar-refractivity contribution in [3.63, 3.8) is 0 Å². The molecule has 23 heavy (non-hydrogen) atoms. The van der Waals surface area contributed by atoms with Crippen molar-refractivity contribution in [1.82, 2.24) is 9.80 Å². The molecule has 1 aliphatic heterocycles. The van der Waals surface area contributed by atoms with Gasteiger partial charge in [0.1, 0.15) is 6.54 Å². The summed E-state index contributed by atoms with van der Waals surface area (Å²) >= 11 is 0. The van der Waals surface area contributed by atoms with Gasteiger partial charge in [-0.15, -0.1) is 0 Å². The van der Waals surface area contributed by atoms with Crippen molar-refractivity contribution in [2.45, 2.75) is 39.3 Å². The number of carbonyl (C=O) groups excluding carboxylic acids is 1. The van der Waals surface area contributed by atoms with Crippen molar-refractivity contribution in [1.29, 1.82) is 0 Å². The van der Waals surface area contributed by atoms with Crippen LogP contribution in [0.3, 0.4) is 0 Å². The van der Waals surface area contributed by atoms with Gasteiger partial charge in [-0.3, -0.25) is 14.5 Å². The molecule has 0 aromatic heterocycles. The fourth-order valence-electron chi connectivity index (χ4n) is 3.14. The van der Waals surface area contributed by atoms with Gasteiger partial charge >= 0.3 is 5.97 Å². The van der Waals surface area contributed by atoms with Crippen molar-refractivity contribution in [2.75, 3.05) is 19.6 Å². The number of aliphatic carboxylic acids is 1. The zero-order valence-electron chi connectivity index (χ0n) is 13.9. The first-order chi connectivity index (χ1) is 11.0. The molecule has 0 aliphatic carbocycles. The molecular formula is C18H26N2O3. The molecule has 1 aromatic carbocycles. The number of carboxylic acids is 1. The van der Waals surface area contributed by atoms with E-state index in [-0.39, 0.29) is 24.4 Å². The molecule has 1 N–H and O–H groups in total. The van der Waals surface area contributed by atoms with Crippen molar-refractivity contribution >= 4 is 11.9 Å². The van der Waals surface area contributed by atoms with E-state index in [0.717, 1.165) is 25.9 Å². The van der Waals surface area contributed by atoms with Gasteiger partial charge in [0.05, 0.1) is 5.92 Å². The van der Waals surface area contributed by atoms with Crippen LogP contribution in [0.5, 0.6) is 0 Å². The fourth-order valence-corrected chi connectivity index (χ4v) is 3.14. The highest BCUT2D eigenvalue weighted by Gasteiger charge is 2.31. The topological polar surface area (TPSA) is 60.9 Å². The molecule has 1 heterocycles. The van der Waals surface area contributed by atoms with Gasteiger partial charge in [-0.25, -0.2) is 0 Å². The molecule has 1 amide bonds. The van der Waals surface area contributed by atoms with Crippen molar-refractivity contribution in [2.24, 2.45) is 5.92 Å². The van der Waals surface area contributed by atoms with E-state index in [1.165, 1.54) is 10.5 Å². The highest BCUT2D eigenvalue weighted by Crippen LogP contribution is 2.21. The molecule has 1 aromatic rings. The monoisotopic (exact) mass is 318 g/mol. The summed E-state index contributed by atoms with van der Waals surface area (Å²) in [4.78, 5) is 27.5. The predicted molar refractivity (Wildman–Crippen MR) is 88.9 cm³/mol. The zero-order chi connectivity index (χ0) is 16.8. The molecule has 5 nitrogen and oxygen atoms in total. The second-order valence-electron chi connectivity index (χ2n) is 6.51. The Morgan fingerprint density at radius 1 is 1.30 bits per heavy atom. The SMILES string of the molecule is CC(C)N(CC(=O)O)C(=O)C1CCCN(Cc2ccccc2)C1. The van der Waals surface area contributed by atoms with Crippen LogP contribution in [-0.4, -0.2) is 52.5 Å². The number of carboxylic acid groups (broad SMARTS) is 1. The van der Waals surface area contributed by atoms with E-state index >= 15 is 0 Å². The van der Waals surface area contributed by atoms with E-state index in [1.54, 1.807) is 0 Å². The number of carbonyl (C=O) groups is 2. The van der Waals surface area contributed by atoms with Gasteiger partial charge in [0.15, 0.2) is 0 Å². The molecule has 2 rings (SSSR count). The Morgan fingerprint density at radius 3 is 2.61 bits per heavy atom. The Kier molecular flexibility index (Phi) is 6.16. The number of hydrogen-bond acceptors (Lipinski definition) is 3. The van der Waals surface area contributed by atoms with E-state index in [4.69, 9.17) is 5.11 Å². The Hall–Kier alpha value is -1.88. The van der Waals surface area contributed by atoms with E-state index < -0.39 is 5.97 Å². The lowest BCUT2D eigenvalue weighted by Crippen LogP contribution is -2.48. The summed E-state index contributed by atoms with van der Waals surface area (Å²) in [5.74, 6) is -1.08. The minimum absolute atomic E-state index is 0.0276. The van der Waals surface area contributed by atoms with E-state index in [9.17, 15) is 9.59 Å². The summed E-state index contributed by atoms with van der Waals surface area (Å²) < 4.78 is 0. The maximum atomic E-state index is 12.7. The molecule has 0 bridgehead atoms. The molecule has 1 aliphatic rings. The molecule has 126 valence electrons.